The summed E-state index contributed by atoms with van der Waals surface area (Å²) in [6.45, 7) is 9.68. The zero-order valence-electron chi connectivity index (χ0n) is 20.1. The lowest BCUT2D eigenvalue weighted by molar-refractivity contribution is -0.133. The van der Waals surface area contributed by atoms with Crippen LogP contribution in [0.25, 0.3) is 11.3 Å². The zero-order chi connectivity index (χ0) is 23.9. The van der Waals surface area contributed by atoms with Gasteiger partial charge in [0.2, 0.25) is 0 Å². The van der Waals surface area contributed by atoms with Crippen LogP contribution in [0, 0.1) is 0 Å². The molecule has 0 saturated carbocycles. The van der Waals surface area contributed by atoms with Gasteiger partial charge in [0.15, 0.2) is 6.61 Å². The molecule has 7 heteroatoms. The highest BCUT2D eigenvalue weighted by molar-refractivity contribution is 5.78. The van der Waals surface area contributed by atoms with Gasteiger partial charge in [-0.2, -0.15) is 0 Å². The molecule has 1 fully saturated rings. The Hall–Kier alpha value is -3.61. The number of benzene rings is 2. The summed E-state index contributed by atoms with van der Waals surface area (Å²) in [7, 11) is 0. The predicted molar refractivity (Wildman–Crippen MR) is 133 cm³/mol. The van der Waals surface area contributed by atoms with Gasteiger partial charge in [-0.15, -0.1) is 0 Å². The van der Waals surface area contributed by atoms with Gasteiger partial charge in [-0.3, -0.25) is 4.79 Å². The minimum Gasteiger partial charge on any atom is -0.494 e. The molecule has 0 bridgehead atoms. The van der Waals surface area contributed by atoms with E-state index in [0.29, 0.717) is 38.7 Å². The van der Waals surface area contributed by atoms with E-state index in [-0.39, 0.29) is 12.5 Å². The highest BCUT2D eigenvalue weighted by atomic mass is 16.5. The quantitative estimate of drug-likeness (QED) is 0.497. The number of carbonyl (C=O) groups is 1. The molecule has 34 heavy (non-hydrogen) atoms. The Balaban J connectivity index is 1.30. The number of anilines is 1. The molecule has 178 valence electrons. The largest absolute Gasteiger partial charge is 0.494 e. The monoisotopic (exact) mass is 460 g/mol. The highest BCUT2D eigenvalue weighted by Crippen LogP contribution is 2.24. The van der Waals surface area contributed by atoms with Crippen molar-refractivity contribution in [2.45, 2.75) is 26.7 Å². The molecule has 0 unspecified atom stereocenters. The van der Waals surface area contributed by atoms with Crippen molar-refractivity contribution in [3.8, 4) is 22.8 Å². The first-order valence-corrected chi connectivity index (χ1v) is 11.8. The van der Waals surface area contributed by atoms with E-state index in [9.17, 15) is 4.79 Å². The topological polar surface area (TPSA) is 67.8 Å². The van der Waals surface area contributed by atoms with Gasteiger partial charge in [0, 0.05) is 37.8 Å². The van der Waals surface area contributed by atoms with Crippen molar-refractivity contribution in [2.24, 2.45) is 0 Å². The molecule has 3 aromatic rings. The van der Waals surface area contributed by atoms with E-state index in [1.54, 1.807) is 6.33 Å². The van der Waals surface area contributed by atoms with E-state index < -0.39 is 0 Å². The van der Waals surface area contributed by atoms with Crippen LogP contribution in [0.3, 0.4) is 0 Å². The minimum absolute atomic E-state index is 0.00495. The molecular weight excluding hydrogens is 428 g/mol. The maximum atomic E-state index is 12.6. The molecule has 4 rings (SSSR count). The maximum absolute atomic E-state index is 12.6. The third-order valence-corrected chi connectivity index (χ3v) is 5.98. The van der Waals surface area contributed by atoms with Crippen molar-refractivity contribution in [2.75, 3.05) is 44.3 Å². The number of nitrogens with zero attached hydrogens (tertiary/aromatic N) is 4. The number of amides is 1. The molecule has 0 N–H and O–H groups in total. The Morgan fingerprint density at radius 2 is 1.56 bits per heavy atom. The van der Waals surface area contributed by atoms with Gasteiger partial charge in [-0.1, -0.05) is 26.0 Å². The van der Waals surface area contributed by atoms with Crippen molar-refractivity contribution in [1.29, 1.82) is 0 Å². The number of carbonyl (C=O) groups excluding carboxylic acids is 1. The van der Waals surface area contributed by atoms with Crippen LogP contribution in [0.1, 0.15) is 32.3 Å². The van der Waals surface area contributed by atoms with Crippen LogP contribution in [0.15, 0.2) is 60.9 Å². The summed E-state index contributed by atoms with van der Waals surface area (Å²) in [5, 5.41) is 0. The fourth-order valence-corrected chi connectivity index (χ4v) is 3.94. The number of ether oxygens (including phenoxy) is 2. The van der Waals surface area contributed by atoms with Gasteiger partial charge in [0.1, 0.15) is 23.6 Å². The summed E-state index contributed by atoms with van der Waals surface area (Å²) >= 11 is 0. The van der Waals surface area contributed by atoms with Crippen LogP contribution in [-0.2, 0) is 4.79 Å². The average molecular weight is 461 g/mol. The van der Waals surface area contributed by atoms with E-state index in [0.717, 1.165) is 28.6 Å². The van der Waals surface area contributed by atoms with E-state index in [2.05, 4.69) is 28.7 Å². The molecule has 1 amide bonds. The Kier molecular flexibility index (Phi) is 7.62. The predicted octanol–water partition coefficient (Wildman–Crippen LogP) is 4.39. The minimum atomic E-state index is 0.00495. The van der Waals surface area contributed by atoms with Crippen LogP contribution >= 0.6 is 0 Å². The molecule has 2 aromatic carbocycles. The SMILES string of the molecule is CCOc1ccc(-c2cc(N3CCN(C(=O)COc4ccc(C(C)C)cc4)CC3)ncn2)cc1. The molecule has 1 aliphatic heterocycles. The van der Waals surface area contributed by atoms with Crippen LogP contribution in [0.5, 0.6) is 11.5 Å². The number of hydrogen-bond acceptors (Lipinski definition) is 6. The van der Waals surface area contributed by atoms with E-state index in [1.165, 1.54) is 5.56 Å². The number of hydrogen-bond donors (Lipinski definition) is 0. The van der Waals surface area contributed by atoms with Gasteiger partial charge in [-0.05, 0) is 54.8 Å². The molecule has 0 aliphatic carbocycles. The first-order chi connectivity index (χ1) is 16.5. The Morgan fingerprint density at radius 3 is 2.21 bits per heavy atom. The van der Waals surface area contributed by atoms with Gasteiger partial charge >= 0.3 is 0 Å². The van der Waals surface area contributed by atoms with Gasteiger partial charge < -0.3 is 19.3 Å². The Morgan fingerprint density at radius 1 is 0.912 bits per heavy atom. The van der Waals surface area contributed by atoms with Crippen molar-refractivity contribution < 1.29 is 14.3 Å². The van der Waals surface area contributed by atoms with Crippen molar-refractivity contribution in [1.82, 2.24) is 14.9 Å². The van der Waals surface area contributed by atoms with Crippen molar-refractivity contribution in [3.05, 3.63) is 66.5 Å². The smallest absolute Gasteiger partial charge is 0.260 e. The molecular formula is C27H32N4O3. The second kappa shape index (κ2) is 11.0. The third-order valence-electron chi connectivity index (χ3n) is 5.98. The maximum Gasteiger partial charge on any atom is 0.260 e. The van der Waals surface area contributed by atoms with Crippen LogP contribution < -0.4 is 14.4 Å². The number of piperazine rings is 1. The normalized spacial score (nSPS) is 13.8. The summed E-state index contributed by atoms with van der Waals surface area (Å²) in [6, 6.07) is 17.9. The second-order valence-corrected chi connectivity index (χ2v) is 8.60. The van der Waals surface area contributed by atoms with E-state index in [1.807, 2.05) is 66.4 Å². The standard InChI is InChI=1S/C27H32N4O3/c1-4-33-23-11-7-22(8-12-23)25-17-26(29-19-28-25)30-13-15-31(16-14-30)27(32)18-34-24-9-5-21(6-10-24)20(2)3/h5-12,17,19-20H,4,13-16,18H2,1-3H3. The first-order valence-electron chi connectivity index (χ1n) is 11.8. The molecule has 0 spiro atoms. The van der Waals surface area contributed by atoms with E-state index in [4.69, 9.17) is 9.47 Å². The molecule has 1 aliphatic rings. The van der Waals surface area contributed by atoms with Crippen LogP contribution in [0.4, 0.5) is 5.82 Å². The summed E-state index contributed by atoms with van der Waals surface area (Å²) < 4.78 is 11.2. The summed E-state index contributed by atoms with van der Waals surface area (Å²) in [5.74, 6) is 2.91. The molecule has 1 aromatic heterocycles. The van der Waals surface area contributed by atoms with Crippen LogP contribution in [-0.4, -0.2) is 60.2 Å². The third kappa shape index (κ3) is 5.84. The molecule has 2 heterocycles. The van der Waals surface area contributed by atoms with Crippen molar-refractivity contribution >= 4 is 11.7 Å². The number of aromatic nitrogens is 2. The zero-order valence-corrected chi connectivity index (χ0v) is 20.1. The van der Waals surface area contributed by atoms with Gasteiger partial charge in [0.25, 0.3) is 5.91 Å². The van der Waals surface area contributed by atoms with E-state index >= 15 is 0 Å². The lowest BCUT2D eigenvalue weighted by Crippen LogP contribution is -2.50. The lowest BCUT2D eigenvalue weighted by Gasteiger charge is -2.35. The molecule has 1 saturated heterocycles. The summed E-state index contributed by atoms with van der Waals surface area (Å²) in [4.78, 5) is 25.6. The fourth-order valence-electron chi connectivity index (χ4n) is 3.94. The lowest BCUT2D eigenvalue weighted by atomic mass is 10.0. The Bertz CT molecular complexity index is 1080. The van der Waals surface area contributed by atoms with Gasteiger partial charge in [-0.25, -0.2) is 9.97 Å². The average Bonchev–Trinajstić information content (AvgIpc) is 2.88. The molecule has 7 nitrogen and oxygen atoms in total. The van der Waals surface area contributed by atoms with Gasteiger partial charge in [0.05, 0.1) is 12.3 Å². The highest BCUT2D eigenvalue weighted by Gasteiger charge is 2.22. The fraction of sp³-hybridized carbons (Fsp3) is 0.370. The summed E-state index contributed by atoms with van der Waals surface area (Å²) in [5.41, 5.74) is 3.13. The first kappa shape index (κ1) is 23.5. The Labute approximate surface area is 201 Å². The van der Waals surface area contributed by atoms with Crippen LogP contribution in [0.2, 0.25) is 0 Å². The van der Waals surface area contributed by atoms with Crippen molar-refractivity contribution in [3.63, 3.8) is 0 Å². The number of rotatable bonds is 8. The molecule has 0 atom stereocenters. The summed E-state index contributed by atoms with van der Waals surface area (Å²) in [6.07, 6.45) is 1.59. The molecule has 0 radical (unpaired) electrons. The second-order valence-electron chi connectivity index (χ2n) is 8.60.